The molecule has 0 rings (SSSR count). The van der Waals surface area contributed by atoms with Crippen LogP contribution in [0.1, 0.15) is 6.42 Å². The van der Waals surface area contributed by atoms with Crippen LogP contribution in [0, 0.1) is 0 Å². The molecule has 0 heterocycles. The lowest BCUT2D eigenvalue weighted by Crippen LogP contribution is -2.59. The summed E-state index contributed by atoms with van der Waals surface area (Å²) in [7, 11) is -5.89. The van der Waals surface area contributed by atoms with Crippen molar-refractivity contribution in [3.63, 3.8) is 0 Å². The Balaban J connectivity index is 6.83. The van der Waals surface area contributed by atoms with Gasteiger partial charge in [-0.15, -0.1) is 0 Å². The Labute approximate surface area is 129 Å². The van der Waals surface area contributed by atoms with Crippen molar-refractivity contribution in [3.8, 4) is 0 Å². The van der Waals surface area contributed by atoms with Gasteiger partial charge in [0.05, 0.1) is 5.57 Å². The highest BCUT2D eigenvalue weighted by Gasteiger charge is 2.65. The van der Waals surface area contributed by atoms with E-state index >= 15 is 0 Å². The number of aliphatic hydroxyl groups excluding tert-OH is 1. The van der Waals surface area contributed by atoms with E-state index in [1.54, 1.807) is 0 Å². The van der Waals surface area contributed by atoms with Gasteiger partial charge in [0.2, 0.25) is 5.16 Å². The van der Waals surface area contributed by atoms with Crippen molar-refractivity contribution < 1.29 is 49.2 Å². The van der Waals surface area contributed by atoms with Gasteiger partial charge in [-0.3, -0.25) is 9.36 Å². The normalized spacial score (nSPS) is 16.7. The molecule has 0 aromatic heterocycles. The first-order chi connectivity index (χ1) is 10.2. The number of nitrogens with two attached hydrogens (primary N) is 1. The molecule has 8 N–H and O–H groups in total. The maximum Gasteiger partial charge on any atom is 0.351 e. The highest BCUT2D eigenvalue weighted by atomic mass is 31.2. The van der Waals surface area contributed by atoms with E-state index in [-0.39, 0.29) is 0 Å². The monoisotopic (exact) mass is 353 g/mol. The first-order valence-electron chi connectivity index (χ1n) is 5.75. The molecule has 12 heteroatoms. The number of carboxylic acids is 3. The quantitative estimate of drug-likeness (QED) is 0.141. The van der Waals surface area contributed by atoms with Crippen LogP contribution in [0.5, 0.6) is 0 Å². The summed E-state index contributed by atoms with van der Waals surface area (Å²) in [6.45, 7) is 4.94. The SMILES string of the molecule is C=C(C(=O)O)C(C(=C)C(N)(CCO)C(=O)O)(C(=O)O)P(=O)(O)O. The van der Waals surface area contributed by atoms with Crippen LogP contribution in [-0.2, 0) is 18.9 Å². The largest absolute Gasteiger partial charge is 0.480 e. The van der Waals surface area contributed by atoms with Crippen molar-refractivity contribution in [2.24, 2.45) is 5.73 Å². The van der Waals surface area contributed by atoms with Gasteiger partial charge >= 0.3 is 25.5 Å². The molecule has 0 amide bonds. The van der Waals surface area contributed by atoms with Gasteiger partial charge in [-0.25, -0.2) is 9.59 Å². The smallest absolute Gasteiger partial charge is 0.351 e. The zero-order valence-electron chi connectivity index (χ0n) is 11.7. The zero-order chi connectivity index (χ0) is 18.8. The van der Waals surface area contributed by atoms with Gasteiger partial charge in [0, 0.05) is 13.0 Å². The van der Waals surface area contributed by atoms with E-state index in [4.69, 9.17) is 21.1 Å². The van der Waals surface area contributed by atoms with E-state index in [9.17, 15) is 33.8 Å². The third kappa shape index (κ3) is 3.19. The van der Waals surface area contributed by atoms with Gasteiger partial charge in [-0.05, 0) is 5.57 Å². The number of carbonyl (C=O) groups is 3. The van der Waals surface area contributed by atoms with Crippen LogP contribution in [0.4, 0.5) is 0 Å². The molecule has 0 spiro atoms. The average molecular weight is 353 g/mol. The Morgan fingerprint density at radius 2 is 1.48 bits per heavy atom. The van der Waals surface area contributed by atoms with Crippen LogP contribution in [0.25, 0.3) is 0 Å². The number of aliphatic hydroxyl groups is 1. The molecule has 0 fully saturated rings. The summed E-state index contributed by atoms with van der Waals surface area (Å²) in [6.07, 6.45) is -0.872. The van der Waals surface area contributed by atoms with Crippen LogP contribution < -0.4 is 5.73 Å². The summed E-state index contributed by atoms with van der Waals surface area (Å²) in [5.74, 6) is -6.46. The van der Waals surface area contributed by atoms with Crippen molar-refractivity contribution in [2.45, 2.75) is 17.1 Å². The average Bonchev–Trinajstić information content (AvgIpc) is 2.36. The van der Waals surface area contributed by atoms with E-state index < -0.39 is 60.4 Å². The summed E-state index contributed by atoms with van der Waals surface area (Å²) in [4.78, 5) is 52.8. The number of aliphatic carboxylic acids is 3. The third-order valence-electron chi connectivity index (χ3n) is 3.30. The molecule has 0 bridgehead atoms. The molecule has 0 aliphatic heterocycles. The summed E-state index contributed by atoms with van der Waals surface area (Å²) >= 11 is 0. The molecule has 23 heavy (non-hydrogen) atoms. The number of carboxylic acid groups (broad SMARTS) is 3. The van der Waals surface area contributed by atoms with Crippen molar-refractivity contribution >= 4 is 25.5 Å². The standard InChI is InChI=1S/C11H16NO10P/c1-5(7(14)15)11(9(18)19,23(20,21)22)6(2)10(12,3-4-13)8(16)17/h13H,1-4,12H2,(H,14,15)(H,16,17)(H,18,19)(H2,20,21,22). The van der Waals surface area contributed by atoms with Crippen LogP contribution >= 0.6 is 7.60 Å². The van der Waals surface area contributed by atoms with Gasteiger partial charge in [-0.1, -0.05) is 13.2 Å². The maximum absolute atomic E-state index is 11.8. The molecule has 0 saturated heterocycles. The molecule has 11 nitrogen and oxygen atoms in total. The molecule has 0 radical (unpaired) electrons. The minimum absolute atomic E-state index is 0.872. The fourth-order valence-electron chi connectivity index (χ4n) is 1.96. The molecule has 2 unspecified atom stereocenters. The second kappa shape index (κ2) is 6.60. The second-order valence-corrected chi connectivity index (χ2v) is 6.33. The Morgan fingerprint density at radius 1 is 1.04 bits per heavy atom. The van der Waals surface area contributed by atoms with Crippen LogP contribution in [0.3, 0.4) is 0 Å². The first kappa shape index (κ1) is 21.0. The third-order valence-corrected chi connectivity index (χ3v) is 4.91. The van der Waals surface area contributed by atoms with Gasteiger partial charge < -0.3 is 35.9 Å². The van der Waals surface area contributed by atoms with Crippen molar-refractivity contribution in [1.29, 1.82) is 0 Å². The van der Waals surface area contributed by atoms with E-state index in [1.165, 1.54) is 0 Å². The van der Waals surface area contributed by atoms with Gasteiger partial charge in [0.15, 0.2) is 0 Å². The van der Waals surface area contributed by atoms with Crippen LogP contribution in [0.2, 0.25) is 0 Å². The minimum atomic E-state index is -5.89. The number of rotatable bonds is 9. The fourth-order valence-corrected chi connectivity index (χ4v) is 3.20. The topological polar surface area (TPSA) is 216 Å². The predicted molar refractivity (Wildman–Crippen MR) is 74.6 cm³/mol. The molecular formula is C11H16NO10P. The summed E-state index contributed by atoms with van der Waals surface area (Å²) in [5, 5.41) is 32.6. The van der Waals surface area contributed by atoms with Gasteiger partial charge in [0.25, 0.3) is 0 Å². The number of hydrogen-bond acceptors (Lipinski definition) is 6. The molecule has 0 aliphatic carbocycles. The van der Waals surface area contributed by atoms with Gasteiger partial charge in [0.1, 0.15) is 5.54 Å². The lowest BCUT2D eigenvalue weighted by molar-refractivity contribution is -0.144. The highest BCUT2D eigenvalue weighted by Crippen LogP contribution is 2.60. The Hall–Kier alpha value is -2.04. The lowest BCUT2D eigenvalue weighted by atomic mass is 9.77. The highest BCUT2D eigenvalue weighted by molar-refractivity contribution is 7.55. The number of hydrogen-bond donors (Lipinski definition) is 7. The Morgan fingerprint density at radius 3 is 1.70 bits per heavy atom. The second-order valence-electron chi connectivity index (χ2n) is 4.57. The Kier molecular flexibility index (Phi) is 6.02. The molecule has 0 saturated carbocycles. The van der Waals surface area contributed by atoms with E-state index in [0.29, 0.717) is 0 Å². The summed E-state index contributed by atoms with van der Waals surface area (Å²) in [6, 6.07) is 0. The Bertz CT molecular complexity index is 622. The van der Waals surface area contributed by atoms with E-state index in [2.05, 4.69) is 13.2 Å². The molecular weight excluding hydrogens is 337 g/mol. The minimum Gasteiger partial charge on any atom is -0.480 e. The first-order valence-corrected chi connectivity index (χ1v) is 7.37. The molecule has 130 valence electrons. The lowest BCUT2D eigenvalue weighted by Gasteiger charge is -2.38. The predicted octanol–water partition coefficient (Wildman–Crippen LogP) is -1.65. The van der Waals surface area contributed by atoms with E-state index in [1.807, 2.05) is 0 Å². The van der Waals surface area contributed by atoms with Crippen LogP contribution in [-0.4, -0.2) is 65.4 Å². The molecule has 0 aromatic rings. The molecule has 2 atom stereocenters. The summed E-state index contributed by atoms with van der Waals surface area (Å²) in [5.41, 5.74) is -0.209. The zero-order valence-corrected chi connectivity index (χ0v) is 12.6. The van der Waals surface area contributed by atoms with Gasteiger partial charge in [-0.2, -0.15) is 0 Å². The van der Waals surface area contributed by atoms with Crippen LogP contribution in [0.15, 0.2) is 24.3 Å². The van der Waals surface area contributed by atoms with Crippen molar-refractivity contribution in [2.75, 3.05) is 6.61 Å². The van der Waals surface area contributed by atoms with Crippen molar-refractivity contribution in [3.05, 3.63) is 24.3 Å². The summed E-state index contributed by atoms with van der Waals surface area (Å²) < 4.78 is 11.8. The van der Waals surface area contributed by atoms with E-state index in [0.717, 1.165) is 0 Å². The molecule has 0 aromatic carbocycles. The molecule has 0 aliphatic rings. The van der Waals surface area contributed by atoms with Crippen molar-refractivity contribution in [1.82, 2.24) is 0 Å². The maximum atomic E-state index is 11.8. The fraction of sp³-hybridized carbons (Fsp3) is 0.364.